The van der Waals surface area contributed by atoms with E-state index in [1.807, 2.05) is 6.92 Å². The number of hydrogen-bond donors (Lipinski definition) is 2. The molecule has 0 aromatic heterocycles. The summed E-state index contributed by atoms with van der Waals surface area (Å²) in [5.41, 5.74) is 0. The van der Waals surface area contributed by atoms with Crippen LogP contribution in [-0.2, 0) is 28.2 Å². The normalized spacial score (nSPS) is 12.6. The Morgan fingerprint density at radius 1 is 0.786 bits per heavy atom. The van der Waals surface area contributed by atoms with Crippen LogP contribution in [0.5, 0.6) is 0 Å². The van der Waals surface area contributed by atoms with Gasteiger partial charge in [-0.3, -0.25) is 14.1 Å². The molecule has 9 heteroatoms. The van der Waals surface area contributed by atoms with Crippen LogP contribution >= 0.6 is 7.82 Å². The first-order valence-corrected chi connectivity index (χ1v) is 11.9. The molecule has 0 rings (SSSR count). The third-order valence-electron chi connectivity index (χ3n) is 4.13. The summed E-state index contributed by atoms with van der Waals surface area (Å²) in [5.74, 6) is -0.933. The van der Waals surface area contributed by atoms with Gasteiger partial charge < -0.3 is 19.3 Å². The quantitative estimate of drug-likeness (QED) is 0.190. The van der Waals surface area contributed by atoms with Crippen molar-refractivity contribution in [1.82, 2.24) is 0 Å². The van der Waals surface area contributed by atoms with Gasteiger partial charge in [-0.2, -0.15) is 0 Å². The summed E-state index contributed by atoms with van der Waals surface area (Å²) < 4.78 is 25.4. The summed E-state index contributed by atoms with van der Waals surface area (Å²) in [6, 6.07) is 0. The van der Waals surface area contributed by atoms with Gasteiger partial charge >= 0.3 is 19.8 Å². The van der Waals surface area contributed by atoms with Gasteiger partial charge in [-0.15, -0.1) is 0 Å². The van der Waals surface area contributed by atoms with Crippen molar-refractivity contribution in [2.24, 2.45) is 0 Å². The van der Waals surface area contributed by atoms with Crippen LogP contribution in [0.15, 0.2) is 0 Å². The first-order valence-electron chi connectivity index (χ1n) is 10.3. The minimum absolute atomic E-state index is 0.213. The van der Waals surface area contributed by atoms with E-state index in [0.29, 0.717) is 12.8 Å². The summed E-state index contributed by atoms with van der Waals surface area (Å²) in [6.45, 7) is 3.30. The number of hydrogen-bond acceptors (Lipinski definition) is 6. The third kappa shape index (κ3) is 18.4. The number of phosphoric ester groups is 1. The second-order valence-corrected chi connectivity index (χ2v) is 8.15. The number of carbonyl (C=O) groups excluding carboxylic acids is 2. The van der Waals surface area contributed by atoms with Crippen molar-refractivity contribution >= 4 is 19.8 Å². The fraction of sp³-hybridized carbons (Fsp3) is 0.895. The summed E-state index contributed by atoms with van der Waals surface area (Å²) in [4.78, 5) is 41.2. The molecule has 0 saturated heterocycles. The molecule has 1 atom stereocenters. The van der Waals surface area contributed by atoms with Gasteiger partial charge in [-0.25, -0.2) is 4.57 Å². The molecule has 0 radical (unpaired) electrons. The van der Waals surface area contributed by atoms with Gasteiger partial charge in [-0.05, 0) is 12.8 Å². The van der Waals surface area contributed by atoms with Crippen molar-refractivity contribution in [1.29, 1.82) is 0 Å². The zero-order valence-electron chi connectivity index (χ0n) is 17.3. The van der Waals surface area contributed by atoms with Crippen LogP contribution < -0.4 is 0 Å². The van der Waals surface area contributed by atoms with Crippen molar-refractivity contribution < 1.29 is 37.9 Å². The highest BCUT2D eigenvalue weighted by Crippen LogP contribution is 2.35. The highest BCUT2D eigenvalue weighted by molar-refractivity contribution is 7.46. The molecule has 0 aliphatic heterocycles. The number of carbonyl (C=O) groups is 2. The number of ether oxygens (including phenoxy) is 2. The molecule has 0 fully saturated rings. The van der Waals surface area contributed by atoms with Crippen LogP contribution in [-0.4, -0.2) is 41.0 Å². The van der Waals surface area contributed by atoms with Crippen molar-refractivity contribution in [3.05, 3.63) is 0 Å². The number of rotatable bonds is 18. The van der Waals surface area contributed by atoms with Crippen molar-refractivity contribution in [2.45, 2.75) is 97.0 Å². The topological polar surface area (TPSA) is 119 Å². The molecule has 0 aliphatic carbocycles. The van der Waals surface area contributed by atoms with E-state index in [1.54, 1.807) is 0 Å². The van der Waals surface area contributed by atoms with E-state index in [2.05, 4.69) is 11.4 Å². The lowest BCUT2D eigenvalue weighted by Gasteiger charge is -2.18. The summed E-state index contributed by atoms with van der Waals surface area (Å²) in [6.07, 6.45) is 9.71. The van der Waals surface area contributed by atoms with Crippen LogP contribution in [0.4, 0.5) is 0 Å². The molecule has 0 bridgehead atoms. The minimum Gasteiger partial charge on any atom is -0.462 e. The monoisotopic (exact) mass is 424 g/mol. The Balaban J connectivity index is 4.16. The largest absolute Gasteiger partial charge is 0.469 e. The number of phosphoric acid groups is 1. The first-order chi connectivity index (χ1) is 13.3. The number of unbranched alkanes of at least 4 members (excludes halogenated alkanes) is 8. The molecule has 0 aromatic carbocycles. The van der Waals surface area contributed by atoms with Crippen LogP contribution in [0.1, 0.15) is 90.9 Å². The zero-order valence-corrected chi connectivity index (χ0v) is 18.2. The van der Waals surface area contributed by atoms with Gasteiger partial charge in [0.2, 0.25) is 0 Å². The molecule has 0 unspecified atom stereocenters. The van der Waals surface area contributed by atoms with E-state index in [1.165, 1.54) is 25.7 Å². The van der Waals surface area contributed by atoms with Gasteiger partial charge in [-0.1, -0.05) is 65.2 Å². The van der Waals surface area contributed by atoms with Gasteiger partial charge in [0, 0.05) is 12.8 Å². The maximum absolute atomic E-state index is 12.0. The lowest BCUT2D eigenvalue weighted by Crippen LogP contribution is -2.29. The highest BCUT2D eigenvalue weighted by Gasteiger charge is 2.22. The molecule has 0 spiro atoms. The molecule has 0 aromatic rings. The second kappa shape index (κ2) is 17.0. The van der Waals surface area contributed by atoms with Crippen LogP contribution in [0.3, 0.4) is 0 Å². The zero-order chi connectivity index (χ0) is 21.3. The predicted molar refractivity (Wildman–Crippen MR) is 106 cm³/mol. The minimum atomic E-state index is -4.70. The maximum Gasteiger partial charge on any atom is 0.469 e. The predicted octanol–water partition coefficient (Wildman–Crippen LogP) is 4.27. The summed E-state index contributed by atoms with van der Waals surface area (Å²) in [7, 11) is -4.70. The Bertz CT molecular complexity index is 463. The van der Waals surface area contributed by atoms with Gasteiger partial charge in [0.1, 0.15) is 6.61 Å². The molecular formula is C19H37O8P. The Morgan fingerprint density at radius 3 is 1.89 bits per heavy atom. The van der Waals surface area contributed by atoms with E-state index < -0.39 is 32.5 Å². The molecule has 8 nitrogen and oxygen atoms in total. The molecule has 2 N–H and O–H groups in total. The first kappa shape index (κ1) is 27.0. The Hall–Kier alpha value is -0.950. The fourth-order valence-electron chi connectivity index (χ4n) is 2.52. The van der Waals surface area contributed by atoms with Gasteiger partial charge in [0.15, 0.2) is 6.10 Å². The Labute approximate surface area is 168 Å². The standard InChI is InChI=1S/C19H37O8P/c1-3-5-7-8-9-10-11-12-14-19(21)27-17(16-26-28(22,23)24)15-25-18(20)13-6-4-2/h17H,3-16H2,1-2H3,(H2,22,23,24)/t17-/m1/s1. The molecule has 28 heavy (non-hydrogen) atoms. The third-order valence-corrected chi connectivity index (χ3v) is 4.61. The molecule has 166 valence electrons. The maximum atomic E-state index is 12.0. The van der Waals surface area contributed by atoms with Crippen LogP contribution in [0.2, 0.25) is 0 Å². The Morgan fingerprint density at radius 2 is 1.32 bits per heavy atom. The van der Waals surface area contributed by atoms with Gasteiger partial charge in [0.25, 0.3) is 0 Å². The smallest absolute Gasteiger partial charge is 0.462 e. The molecule has 0 aliphatic rings. The van der Waals surface area contributed by atoms with Crippen LogP contribution in [0.25, 0.3) is 0 Å². The van der Waals surface area contributed by atoms with Gasteiger partial charge in [0.05, 0.1) is 6.61 Å². The van der Waals surface area contributed by atoms with E-state index in [9.17, 15) is 14.2 Å². The SMILES string of the molecule is CCCCCCCCCCC(=O)O[C@H](COC(=O)CCCC)COP(=O)(O)O. The van der Waals surface area contributed by atoms with E-state index in [-0.39, 0.29) is 19.4 Å². The van der Waals surface area contributed by atoms with Crippen molar-refractivity contribution in [3.8, 4) is 0 Å². The molecule has 0 heterocycles. The fourth-order valence-corrected chi connectivity index (χ4v) is 2.88. The highest BCUT2D eigenvalue weighted by atomic mass is 31.2. The molecular weight excluding hydrogens is 387 g/mol. The lowest BCUT2D eigenvalue weighted by atomic mass is 10.1. The second-order valence-electron chi connectivity index (χ2n) is 6.91. The van der Waals surface area contributed by atoms with Crippen molar-refractivity contribution in [3.63, 3.8) is 0 Å². The van der Waals surface area contributed by atoms with E-state index in [0.717, 1.165) is 25.7 Å². The molecule has 0 saturated carbocycles. The molecule has 0 amide bonds. The summed E-state index contributed by atoms with van der Waals surface area (Å²) in [5, 5.41) is 0. The number of esters is 2. The average Bonchev–Trinajstić information content (AvgIpc) is 2.63. The van der Waals surface area contributed by atoms with E-state index >= 15 is 0 Å². The Kier molecular flexibility index (Phi) is 16.4. The van der Waals surface area contributed by atoms with Crippen molar-refractivity contribution in [2.75, 3.05) is 13.2 Å². The lowest BCUT2D eigenvalue weighted by molar-refractivity contribution is -0.161. The van der Waals surface area contributed by atoms with E-state index in [4.69, 9.17) is 19.3 Å². The average molecular weight is 424 g/mol. The summed E-state index contributed by atoms with van der Waals surface area (Å²) >= 11 is 0. The van der Waals surface area contributed by atoms with Crippen LogP contribution in [0, 0.1) is 0 Å².